The second-order valence-electron chi connectivity index (χ2n) is 5.94. The normalized spacial score (nSPS) is 26.3. The molecule has 2 aliphatic rings. The molecular formula is C15H15F3N2O4S2. The van der Waals surface area contributed by atoms with Gasteiger partial charge in [-0.05, 0) is 24.3 Å². The van der Waals surface area contributed by atoms with Crippen molar-refractivity contribution in [3.8, 4) is 0 Å². The molecule has 0 N–H and O–H groups in total. The number of thioether (sulfide) groups is 1. The lowest BCUT2D eigenvalue weighted by Crippen LogP contribution is -2.37. The van der Waals surface area contributed by atoms with Crippen LogP contribution in [0.15, 0.2) is 29.3 Å². The minimum absolute atomic E-state index is 0.0586. The van der Waals surface area contributed by atoms with Crippen molar-refractivity contribution in [1.82, 2.24) is 0 Å². The fourth-order valence-electron chi connectivity index (χ4n) is 2.94. The molecule has 0 radical (unpaired) electrons. The summed E-state index contributed by atoms with van der Waals surface area (Å²) in [6.07, 6.45) is -4.47. The van der Waals surface area contributed by atoms with Gasteiger partial charge in [-0.2, -0.15) is 18.2 Å². The topological polar surface area (TPSA) is 76.0 Å². The average Bonchev–Trinajstić information content (AvgIpc) is 2.97. The molecule has 142 valence electrons. The zero-order chi connectivity index (χ0) is 19.1. The van der Waals surface area contributed by atoms with E-state index in [1.54, 1.807) is 0 Å². The molecule has 0 aromatic heterocycles. The van der Waals surface area contributed by atoms with E-state index in [4.69, 9.17) is 4.74 Å². The Morgan fingerprint density at radius 2 is 1.96 bits per heavy atom. The second-order valence-corrected chi connectivity index (χ2v) is 9.30. The van der Waals surface area contributed by atoms with Crippen molar-refractivity contribution in [3.05, 3.63) is 29.8 Å². The van der Waals surface area contributed by atoms with Crippen LogP contribution in [0.25, 0.3) is 0 Å². The molecule has 2 aliphatic heterocycles. The van der Waals surface area contributed by atoms with Crippen LogP contribution in [0.3, 0.4) is 0 Å². The molecule has 1 aromatic carbocycles. The monoisotopic (exact) mass is 408 g/mol. The lowest BCUT2D eigenvalue weighted by atomic mass is 10.1. The number of fused-ring (bicyclic) bond motifs is 1. The SMILES string of the molecule is COCC(=O)N=C1SC2CS(=O)(=O)CC2N1c1ccc(C(F)(F)F)cc1. The molecule has 0 spiro atoms. The van der Waals surface area contributed by atoms with E-state index in [0.29, 0.717) is 5.69 Å². The number of hydrogen-bond donors (Lipinski definition) is 0. The van der Waals surface area contributed by atoms with Crippen LogP contribution < -0.4 is 4.90 Å². The van der Waals surface area contributed by atoms with Crippen LogP contribution in [0.5, 0.6) is 0 Å². The first-order valence-electron chi connectivity index (χ1n) is 7.55. The van der Waals surface area contributed by atoms with Gasteiger partial charge < -0.3 is 9.64 Å². The summed E-state index contributed by atoms with van der Waals surface area (Å²) in [4.78, 5) is 17.3. The maximum Gasteiger partial charge on any atom is 0.416 e. The minimum Gasteiger partial charge on any atom is -0.375 e. The average molecular weight is 408 g/mol. The number of hydrogen-bond acceptors (Lipinski definition) is 5. The molecule has 0 aliphatic carbocycles. The summed E-state index contributed by atoms with van der Waals surface area (Å²) in [5, 5.41) is -0.0481. The van der Waals surface area contributed by atoms with Gasteiger partial charge in [0, 0.05) is 18.0 Å². The molecule has 2 fully saturated rings. The summed E-state index contributed by atoms with van der Waals surface area (Å²) in [5.74, 6) is -0.741. The number of carbonyl (C=O) groups excluding carboxylic acids is 1. The van der Waals surface area contributed by atoms with Crippen molar-refractivity contribution in [3.63, 3.8) is 0 Å². The number of carbonyl (C=O) groups is 1. The Labute approximate surface area is 152 Å². The van der Waals surface area contributed by atoms with Gasteiger partial charge in [-0.3, -0.25) is 4.79 Å². The molecular weight excluding hydrogens is 393 g/mol. The fraction of sp³-hybridized carbons (Fsp3) is 0.467. The Bertz CT molecular complexity index is 837. The Balaban J connectivity index is 1.96. The van der Waals surface area contributed by atoms with E-state index in [9.17, 15) is 26.4 Å². The molecule has 3 rings (SSSR count). The zero-order valence-corrected chi connectivity index (χ0v) is 15.2. The second kappa shape index (κ2) is 6.86. The number of methoxy groups -OCH3 is 1. The number of aliphatic imine (C=N–C) groups is 1. The van der Waals surface area contributed by atoms with Crippen molar-refractivity contribution >= 4 is 38.4 Å². The van der Waals surface area contributed by atoms with Crippen LogP contribution in [0.2, 0.25) is 0 Å². The van der Waals surface area contributed by atoms with Crippen molar-refractivity contribution in [2.75, 3.05) is 30.1 Å². The van der Waals surface area contributed by atoms with E-state index in [1.165, 1.54) is 24.1 Å². The van der Waals surface area contributed by atoms with Crippen LogP contribution in [0.1, 0.15) is 5.56 Å². The number of anilines is 1. The summed E-state index contributed by atoms with van der Waals surface area (Å²) in [5.41, 5.74) is -0.447. The number of amidine groups is 1. The quantitative estimate of drug-likeness (QED) is 0.761. The van der Waals surface area contributed by atoms with Gasteiger partial charge in [-0.1, -0.05) is 11.8 Å². The fourth-order valence-corrected chi connectivity index (χ4v) is 6.87. The highest BCUT2D eigenvalue weighted by Crippen LogP contribution is 2.41. The zero-order valence-electron chi connectivity index (χ0n) is 13.6. The number of nitrogens with zero attached hydrogens (tertiary/aromatic N) is 2. The van der Waals surface area contributed by atoms with E-state index in [1.807, 2.05) is 0 Å². The Morgan fingerprint density at radius 1 is 1.31 bits per heavy atom. The summed E-state index contributed by atoms with van der Waals surface area (Å²) >= 11 is 1.15. The van der Waals surface area contributed by atoms with Crippen molar-refractivity contribution in [1.29, 1.82) is 0 Å². The first kappa shape index (κ1) is 19.2. The van der Waals surface area contributed by atoms with Gasteiger partial charge in [-0.15, -0.1) is 0 Å². The molecule has 6 nitrogen and oxygen atoms in total. The highest BCUT2D eigenvalue weighted by Gasteiger charge is 2.49. The van der Waals surface area contributed by atoms with Crippen LogP contribution >= 0.6 is 11.8 Å². The summed E-state index contributed by atoms with van der Waals surface area (Å²) in [7, 11) is -1.90. The van der Waals surface area contributed by atoms with Gasteiger partial charge in [0.2, 0.25) is 0 Å². The predicted octanol–water partition coefficient (Wildman–Crippen LogP) is 1.95. The van der Waals surface area contributed by atoms with Gasteiger partial charge in [0.1, 0.15) is 6.61 Å². The van der Waals surface area contributed by atoms with Crippen LogP contribution in [0.4, 0.5) is 18.9 Å². The number of halogens is 3. The third-order valence-electron chi connectivity index (χ3n) is 4.03. The third kappa shape index (κ3) is 3.89. The summed E-state index contributed by atoms with van der Waals surface area (Å²) < 4.78 is 66.9. The number of alkyl halides is 3. The number of rotatable bonds is 3. The number of benzene rings is 1. The van der Waals surface area contributed by atoms with Crippen LogP contribution in [0, 0.1) is 0 Å². The molecule has 2 unspecified atom stereocenters. The smallest absolute Gasteiger partial charge is 0.375 e. The van der Waals surface area contributed by atoms with E-state index in [-0.39, 0.29) is 28.5 Å². The molecule has 26 heavy (non-hydrogen) atoms. The first-order chi connectivity index (χ1) is 12.1. The highest BCUT2D eigenvalue weighted by atomic mass is 32.2. The molecule has 11 heteroatoms. The van der Waals surface area contributed by atoms with Crippen molar-refractivity contribution < 1.29 is 31.1 Å². The van der Waals surface area contributed by atoms with E-state index in [0.717, 1.165) is 23.9 Å². The standard InChI is InChI=1S/C15H15F3N2O4S2/c1-24-6-13(21)19-14-20(11-7-26(22,23)8-12(11)25-14)10-4-2-9(3-5-10)15(16,17)18/h2-5,11-12H,6-8H2,1H3. The molecule has 1 aromatic rings. The lowest BCUT2D eigenvalue weighted by Gasteiger charge is -2.24. The number of ether oxygens (including phenoxy) is 1. The van der Waals surface area contributed by atoms with Gasteiger partial charge in [-0.25, -0.2) is 8.42 Å². The molecule has 1 amide bonds. The largest absolute Gasteiger partial charge is 0.416 e. The van der Waals surface area contributed by atoms with Gasteiger partial charge in [0.15, 0.2) is 15.0 Å². The van der Waals surface area contributed by atoms with Crippen molar-refractivity contribution in [2.24, 2.45) is 4.99 Å². The molecule has 0 bridgehead atoms. The van der Waals surface area contributed by atoms with Gasteiger partial charge >= 0.3 is 6.18 Å². The van der Waals surface area contributed by atoms with E-state index >= 15 is 0 Å². The number of amides is 1. The van der Waals surface area contributed by atoms with Gasteiger partial charge in [0.25, 0.3) is 5.91 Å². The Hall–Kier alpha value is -1.59. The molecule has 2 heterocycles. The van der Waals surface area contributed by atoms with Crippen molar-refractivity contribution in [2.45, 2.75) is 17.5 Å². The summed E-state index contributed by atoms with van der Waals surface area (Å²) in [6, 6.07) is 3.88. The maximum absolute atomic E-state index is 12.8. The molecule has 2 atom stereocenters. The van der Waals surface area contributed by atoms with Crippen LogP contribution in [-0.2, 0) is 25.5 Å². The third-order valence-corrected chi connectivity index (χ3v) is 7.24. The Morgan fingerprint density at radius 3 is 2.54 bits per heavy atom. The maximum atomic E-state index is 12.8. The van der Waals surface area contributed by atoms with E-state index < -0.39 is 33.5 Å². The minimum atomic E-state index is -4.47. The first-order valence-corrected chi connectivity index (χ1v) is 10.2. The van der Waals surface area contributed by atoms with Gasteiger partial charge in [0.05, 0.1) is 23.1 Å². The van der Waals surface area contributed by atoms with Crippen LogP contribution in [-0.4, -0.2) is 56.0 Å². The summed E-state index contributed by atoms with van der Waals surface area (Å²) in [6.45, 7) is -0.238. The molecule has 0 saturated carbocycles. The Kier molecular flexibility index (Phi) is 5.06. The predicted molar refractivity (Wildman–Crippen MR) is 92.1 cm³/mol. The molecule has 2 saturated heterocycles. The highest BCUT2D eigenvalue weighted by molar-refractivity contribution is 8.16. The lowest BCUT2D eigenvalue weighted by molar-refractivity contribution is -0.137. The van der Waals surface area contributed by atoms with E-state index in [2.05, 4.69) is 4.99 Å². The number of sulfone groups is 1.